The van der Waals surface area contributed by atoms with Crippen molar-refractivity contribution >= 4 is 33.8 Å². The molecule has 0 aliphatic rings. The minimum Gasteiger partial charge on any atom is -0.393 e. The van der Waals surface area contributed by atoms with Crippen molar-refractivity contribution in [2.24, 2.45) is 0 Å². The molecule has 0 aliphatic heterocycles. The third-order valence-electron chi connectivity index (χ3n) is 2.81. The highest BCUT2D eigenvalue weighted by molar-refractivity contribution is 7.13. The Morgan fingerprint density at radius 3 is 2.50 bits per heavy atom. The van der Waals surface area contributed by atoms with Gasteiger partial charge in [0.1, 0.15) is 12.0 Å². The molecule has 0 bridgehead atoms. The molecular formula is C13H14N8S. The van der Waals surface area contributed by atoms with E-state index in [2.05, 4.69) is 32.4 Å². The maximum absolute atomic E-state index is 8.76. The number of aromatic nitrogens is 3. The van der Waals surface area contributed by atoms with E-state index in [1.807, 2.05) is 10.3 Å². The zero-order chi connectivity index (χ0) is 15.8. The van der Waals surface area contributed by atoms with Gasteiger partial charge in [-0.1, -0.05) is 0 Å². The highest BCUT2D eigenvalue weighted by Crippen LogP contribution is 2.29. The average Bonchev–Trinajstić information content (AvgIpc) is 3.03. The summed E-state index contributed by atoms with van der Waals surface area (Å²) in [5.41, 5.74) is 6.50. The van der Waals surface area contributed by atoms with E-state index in [0.29, 0.717) is 48.4 Å². The Labute approximate surface area is 131 Å². The molecule has 2 aromatic rings. The Morgan fingerprint density at radius 2 is 1.91 bits per heavy atom. The van der Waals surface area contributed by atoms with Gasteiger partial charge in [-0.15, -0.1) is 11.3 Å². The van der Waals surface area contributed by atoms with Crippen molar-refractivity contribution in [3.8, 4) is 12.1 Å². The summed E-state index contributed by atoms with van der Waals surface area (Å²) in [4.78, 5) is 14.2. The summed E-state index contributed by atoms with van der Waals surface area (Å²) >= 11 is 1.43. The SMILES string of the molecule is N#CCCN(CCC#N)c1ncnc(Nc2nccs2)c1N. The van der Waals surface area contributed by atoms with Gasteiger partial charge >= 0.3 is 0 Å². The lowest BCUT2D eigenvalue weighted by molar-refractivity contribution is 0.782. The van der Waals surface area contributed by atoms with Gasteiger partial charge in [-0.2, -0.15) is 10.5 Å². The standard InChI is InChI=1S/C13H14N8S/c14-3-1-6-21(7-2-4-15)12-10(16)11(18-9-19-12)20-13-17-5-8-22-13/h5,8-9H,1-2,6-7,16H2,(H,17,18,19,20). The first kappa shape index (κ1) is 15.5. The van der Waals surface area contributed by atoms with E-state index >= 15 is 0 Å². The Balaban J connectivity index is 2.24. The minimum absolute atomic E-state index is 0.324. The quantitative estimate of drug-likeness (QED) is 0.793. The molecular weight excluding hydrogens is 300 g/mol. The molecule has 0 aliphatic carbocycles. The summed E-state index contributed by atoms with van der Waals surface area (Å²) in [5.74, 6) is 0.971. The molecule has 0 saturated carbocycles. The zero-order valence-corrected chi connectivity index (χ0v) is 12.5. The Kier molecular flexibility index (Phi) is 5.46. The lowest BCUT2D eigenvalue weighted by Crippen LogP contribution is -2.27. The van der Waals surface area contributed by atoms with Crippen LogP contribution in [0.15, 0.2) is 17.9 Å². The molecule has 9 heteroatoms. The number of hydrogen-bond acceptors (Lipinski definition) is 9. The number of nitriles is 2. The van der Waals surface area contributed by atoms with Gasteiger partial charge in [0.25, 0.3) is 0 Å². The second-order valence-electron chi connectivity index (χ2n) is 4.23. The maximum atomic E-state index is 8.76. The Bertz CT molecular complexity index is 667. The van der Waals surface area contributed by atoms with Crippen LogP contribution < -0.4 is 16.0 Å². The van der Waals surface area contributed by atoms with Crippen molar-refractivity contribution in [2.75, 3.05) is 29.0 Å². The molecule has 0 unspecified atom stereocenters. The summed E-state index contributed by atoms with van der Waals surface area (Å²) in [6.45, 7) is 0.909. The smallest absolute Gasteiger partial charge is 0.188 e. The van der Waals surface area contributed by atoms with Crippen molar-refractivity contribution < 1.29 is 0 Å². The summed E-state index contributed by atoms with van der Waals surface area (Å²) < 4.78 is 0. The van der Waals surface area contributed by atoms with E-state index in [0.717, 1.165) is 0 Å². The number of rotatable bonds is 7. The predicted molar refractivity (Wildman–Crippen MR) is 84.5 cm³/mol. The molecule has 0 saturated heterocycles. The van der Waals surface area contributed by atoms with Gasteiger partial charge in [0.15, 0.2) is 16.8 Å². The molecule has 0 fully saturated rings. The minimum atomic E-state index is 0.324. The zero-order valence-electron chi connectivity index (χ0n) is 11.7. The summed E-state index contributed by atoms with van der Waals surface area (Å²) in [6, 6.07) is 4.16. The number of nitrogens with two attached hydrogens (primary N) is 1. The molecule has 112 valence electrons. The monoisotopic (exact) mass is 314 g/mol. The molecule has 22 heavy (non-hydrogen) atoms. The van der Waals surface area contributed by atoms with Crippen LogP contribution in [0.3, 0.4) is 0 Å². The van der Waals surface area contributed by atoms with Gasteiger partial charge < -0.3 is 16.0 Å². The van der Waals surface area contributed by atoms with E-state index in [-0.39, 0.29) is 0 Å². The maximum Gasteiger partial charge on any atom is 0.188 e. The first-order valence-corrected chi connectivity index (χ1v) is 7.40. The highest BCUT2D eigenvalue weighted by atomic mass is 32.1. The van der Waals surface area contributed by atoms with Crippen LogP contribution in [-0.4, -0.2) is 28.0 Å². The average molecular weight is 314 g/mol. The van der Waals surface area contributed by atoms with Crippen molar-refractivity contribution in [1.29, 1.82) is 10.5 Å². The fourth-order valence-corrected chi connectivity index (χ4v) is 2.35. The van der Waals surface area contributed by atoms with E-state index in [9.17, 15) is 0 Å². The number of hydrogen-bond donors (Lipinski definition) is 2. The van der Waals surface area contributed by atoms with E-state index in [1.54, 1.807) is 6.20 Å². The topological polar surface area (TPSA) is 128 Å². The fraction of sp³-hybridized carbons (Fsp3) is 0.308. The molecule has 2 heterocycles. The summed E-state index contributed by atoms with van der Waals surface area (Å²) in [7, 11) is 0. The van der Waals surface area contributed by atoms with Crippen LogP contribution in [0.5, 0.6) is 0 Å². The number of nitrogens with zero attached hydrogens (tertiary/aromatic N) is 6. The van der Waals surface area contributed by atoms with Gasteiger partial charge in [-0.3, -0.25) is 0 Å². The fourth-order valence-electron chi connectivity index (χ4n) is 1.82. The van der Waals surface area contributed by atoms with Gasteiger partial charge in [0.05, 0.1) is 25.0 Å². The molecule has 0 atom stereocenters. The molecule has 0 aromatic carbocycles. The third-order valence-corrected chi connectivity index (χ3v) is 3.50. The van der Waals surface area contributed by atoms with Crippen molar-refractivity contribution in [2.45, 2.75) is 12.8 Å². The van der Waals surface area contributed by atoms with Gasteiger partial charge in [0.2, 0.25) is 0 Å². The number of nitrogen functional groups attached to an aromatic ring is 1. The van der Waals surface area contributed by atoms with Crippen molar-refractivity contribution in [3.63, 3.8) is 0 Å². The van der Waals surface area contributed by atoms with Crippen molar-refractivity contribution in [1.82, 2.24) is 15.0 Å². The number of nitrogens with one attached hydrogen (secondary N) is 1. The second-order valence-corrected chi connectivity index (χ2v) is 5.12. The number of thiazole rings is 1. The largest absolute Gasteiger partial charge is 0.393 e. The Morgan fingerprint density at radius 1 is 1.18 bits per heavy atom. The normalized spacial score (nSPS) is 9.73. The van der Waals surface area contributed by atoms with Gasteiger partial charge in [-0.25, -0.2) is 15.0 Å². The molecule has 2 aromatic heterocycles. The third kappa shape index (κ3) is 3.81. The second kappa shape index (κ2) is 7.76. The van der Waals surface area contributed by atoms with Gasteiger partial charge in [-0.05, 0) is 0 Å². The lowest BCUT2D eigenvalue weighted by atomic mass is 10.3. The Hall–Kier alpha value is -2.91. The summed E-state index contributed by atoms with van der Waals surface area (Å²) in [5, 5.41) is 23.1. The van der Waals surface area contributed by atoms with Crippen LogP contribution in [0, 0.1) is 22.7 Å². The van der Waals surface area contributed by atoms with Crippen LogP contribution in [0.2, 0.25) is 0 Å². The van der Waals surface area contributed by atoms with Crippen LogP contribution in [0.1, 0.15) is 12.8 Å². The summed E-state index contributed by atoms with van der Waals surface area (Å²) in [6.07, 6.45) is 3.72. The van der Waals surface area contributed by atoms with Crippen LogP contribution in [0.4, 0.5) is 22.5 Å². The van der Waals surface area contributed by atoms with Crippen LogP contribution >= 0.6 is 11.3 Å². The van der Waals surface area contributed by atoms with E-state index in [4.69, 9.17) is 16.3 Å². The van der Waals surface area contributed by atoms with E-state index in [1.165, 1.54) is 17.7 Å². The van der Waals surface area contributed by atoms with Crippen LogP contribution in [-0.2, 0) is 0 Å². The highest BCUT2D eigenvalue weighted by Gasteiger charge is 2.15. The predicted octanol–water partition coefficient (Wildman–Crippen LogP) is 1.89. The molecule has 8 nitrogen and oxygen atoms in total. The first-order valence-electron chi connectivity index (χ1n) is 6.52. The lowest BCUT2D eigenvalue weighted by Gasteiger charge is -2.23. The molecule has 2 rings (SSSR count). The molecule has 0 spiro atoms. The van der Waals surface area contributed by atoms with Crippen molar-refractivity contribution in [3.05, 3.63) is 17.9 Å². The molecule has 3 N–H and O–H groups in total. The van der Waals surface area contributed by atoms with Gasteiger partial charge in [0, 0.05) is 24.7 Å². The first-order chi connectivity index (χ1) is 10.8. The number of anilines is 4. The van der Waals surface area contributed by atoms with E-state index < -0.39 is 0 Å². The van der Waals surface area contributed by atoms with Crippen LogP contribution in [0.25, 0.3) is 0 Å². The molecule has 0 radical (unpaired) electrons. The molecule has 0 amide bonds.